The quantitative estimate of drug-likeness (QED) is 0.753. The van der Waals surface area contributed by atoms with Crippen LogP contribution in [0.5, 0.6) is 0 Å². The van der Waals surface area contributed by atoms with Gasteiger partial charge in [-0.05, 0) is 30.2 Å². The normalized spacial score (nSPS) is 22.9. The minimum Gasteiger partial charge on any atom is -0.376 e. The number of amides is 3. The second kappa shape index (κ2) is 6.61. The molecule has 2 saturated heterocycles. The maximum atomic E-state index is 12.3. The molecular weight excluding hydrogens is 308 g/mol. The van der Waals surface area contributed by atoms with E-state index in [-0.39, 0.29) is 18.0 Å². The van der Waals surface area contributed by atoms with E-state index in [1.54, 1.807) is 11.6 Å². The molecule has 3 heterocycles. The minimum absolute atomic E-state index is 0.123. The molecule has 120 valence electrons. The van der Waals surface area contributed by atoms with Gasteiger partial charge in [-0.3, -0.25) is 9.69 Å². The van der Waals surface area contributed by atoms with E-state index in [0.29, 0.717) is 24.8 Å². The Kier molecular flexibility index (Phi) is 4.57. The molecule has 9 nitrogen and oxygen atoms in total. The highest BCUT2D eigenvalue weighted by molar-refractivity contribution is 8.00. The van der Waals surface area contributed by atoms with E-state index in [1.807, 2.05) is 0 Å². The number of nitrogens with zero attached hydrogens (tertiary/aromatic N) is 5. The van der Waals surface area contributed by atoms with E-state index in [2.05, 4.69) is 20.8 Å². The van der Waals surface area contributed by atoms with Crippen LogP contribution in [0.15, 0.2) is 5.16 Å². The Balaban J connectivity index is 1.61. The number of thioether (sulfide) groups is 1. The standard InChI is InChI=1S/C12H18N6O3S/c1-8(10(19)17-5-4-13-11(17)20)22-12-14-15-16-18(12)7-9-3-2-6-21-9/h8-9H,2-7H2,1H3,(H,13,20)/t8-,9-/m0/s1. The van der Waals surface area contributed by atoms with Gasteiger partial charge in [0.1, 0.15) is 0 Å². The van der Waals surface area contributed by atoms with Crippen molar-refractivity contribution in [2.75, 3.05) is 19.7 Å². The minimum atomic E-state index is -0.432. The monoisotopic (exact) mass is 326 g/mol. The second-order valence-corrected chi connectivity index (χ2v) is 6.57. The van der Waals surface area contributed by atoms with Crippen LogP contribution in [0.3, 0.4) is 0 Å². The summed E-state index contributed by atoms with van der Waals surface area (Å²) in [6.45, 7) is 4.01. The van der Waals surface area contributed by atoms with Gasteiger partial charge in [-0.25, -0.2) is 9.48 Å². The van der Waals surface area contributed by atoms with Crippen molar-refractivity contribution in [2.45, 2.75) is 42.8 Å². The average Bonchev–Trinajstić information content (AvgIpc) is 3.22. The molecule has 2 aliphatic heterocycles. The van der Waals surface area contributed by atoms with Crippen LogP contribution in [0.1, 0.15) is 19.8 Å². The zero-order chi connectivity index (χ0) is 15.5. The average molecular weight is 326 g/mol. The largest absolute Gasteiger partial charge is 0.376 e. The van der Waals surface area contributed by atoms with Crippen LogP contribution in [-0.4, -0.2) is 68.1 Å². The molecule has 2 fully saturated rings. The van der Waals surface area contributed by atoms with Gasteiger partial charge in [-0.1, -0.05) is 11.8 Å². The van der Waals surface area contributed by atoms with Gasteiger partial charge in [-0.2, -0.15) is 0 Å². The van der Waals surface area contributed by atoms with E-state index >= 15 is 0 Å². The van der Waals surface area contributed by atoms with E-state index < -0.39 is 5.25 Å². The molecule has 22 heavy (non-hydrogen) atoms. The van der Waals surface area contributed by atoms with Crippen LogP contribution in [0, 0.1) is 0 Å². The Morgan fingerprint density at radius 1 is 1.59 bits per heavy atom. The van der Waals surface area contributed by atoms with Gasteiger partial charge in [-0.15, -0.1) is 5.10 Å². The molecule has 0 radical (unpaired) electrons. The summed E-state index contributed by atoms with van der Waals surface area (Å²) in [6, 6.07) is -0.337. The predicted octanol–water partition coefficient (Wildman–Crippen LogP) is -0.115. The maximum absolute atomic E-state index is 12.3. The van der Waals surface area contributed by atoms with Crippen molar-refractivity contribution < 1.29 is 14.3 Å². The molecule has 0 saturated carbocycles. The van der Waals surface area contributed by atoms with E-state index in [0.717, 1.165) is 19.4 Å². The SMILES string of the molecule is C[C@H](Sc1nnnn1C[C@@H]1CCCO1)C(=O)N1CCNC1=O. The smallest absolute Gasteiger partial charge is 0.324 e. The number of rotatable bonds is 5. The number of nitrogens with one attached hydrogen (secondary N) is 1. The van der Waals surface area contributed by atoms with Crippen LogP contribution in [0.2, 0.25) is 0 Å². The molecule has 2 atom stereocenters. The lowest BCUT2D eigenvalue weighted by Crippen LogP contribution is -2.39. The summed E-state index contributed by atoms with van der Waals surface area (Å²) in [5.41, 5.74) is 0. The number of carbonyl (C=O) groups is 2. The molecule has 0 bridgehead atoms. The molecule has 1 N–H and O–H groups in total. The van der Waals surface area contributed by atoms with Gasteiger partial charge < -0.3 is 10.1 Å². The highest BCUT2D eigenvalue weighted by Gasteiger charge is 2.31. The molecule has 0 aromatic carbocycles. The molecule has 3 amide bonds. The highest BCUT2D eigenvalue weighted by atomic mass is 32.2. The fourth-order valence-corrected chi connectivity index (χ4v) is 3.35. The molecule has 2 aliphatic rings. The number of hydrogen-bond acceptors (Lipinski definition) is 7. The Morgan fingerprint density at radius 2 is 2.45 bits per heavy atom. The summed E-state index contributed by atoms with van der Waals surface area (Å²) in [7, 11) is 0. The molecule has 1 aromatic rings. The molecule has 0 aliphatic carbocycles. The second-order valence-electron chi connectivity index (χ2n) is 5.26. The molecule has 0 spiro atoms. The summed E-state index contributed by atoms with van der Waals surface area (Å²) in [4.78, 5) is 25.0. The third kappa shape index (κ3) is 3.22. The first kappa shape index (κ1) is 15.2. The first-order valence-electron chi connectivity index (χ1n) is 7.29. The Morgan fingerprint density at radius 3 is 3.14 bits per heavy atom. The van der Waals surface area contributed by atoms with Crippen LogP contribution in [0.25, 0.3) is 0 Å². The molecule has 0 unspecified atom stereocenters. The van der Waals surface area contributed by atoms with Gasteiger partial charge in [0.15, 0.2) is 0 Å². The van der Waals surface area contributed by atoms with Crippen molar-refractivity contribution in [3.05, 3.63) is 0 Å². The Hall–Kier alpha value is -1.68. The zero-order valence-corrected chi connectivity index (χ0v) is 13.1. The first-order valence-corrected chi connectivity index (χ1v) is 8.17. The lowest BCUT2D eigenvalue weighted by Gasteiger charge is -2.17. The van der Waals surface area contributed by atoms with Gasteiger partial charge in [0, 0.05) is 19.7 Å². The number of urea groups is 1. The van der Waals surface area contributed by atoms with Crippen LogP contribution in [-0.2, 0) is 16.1 Å². The van der Waals surface area contributed by atoms with Crippen LogP contribution >= 0.6 is 11.8 Å². The highest BCUT2D eigenvalue weighted by Crippen LogP contribution is 2.23. The molecule has 1 aromatic heterocycles. The molecule has 3 rings (SSSR count). The summed E-state index contributed by atoms with van der Waals surface area (Å²) < 4.78 is 7.24. The van der Waals surface area contributed by atoms with Gasteiger partial charge in [0.05, 0.1) is 17.9 Å². The van der Waals surface area contributed by atoms with Gasteiger partial charge >= 0.3 is 6.03 Å². The van der Waals surface area contributed by atoms with Crippen molar-refractivity contribution in [3.63, 3.8) is 0 Å². The van der Waals surface area contributed by atoms with Crippen LogP contribution in [0.4, 0.5) is 4.79 Å². The molecular formula is C12H18N6O3S. The summed E-state index contributed by atoms with van der Waals surface area (Å²) in [5.74, 6) is -0.230. The van der Waals surface area contributed by atoms with Crippen molar-refractivity contribution in [3.8, 4) is 0 Å². The van der Waals surface area contributed by atoms with Crippen LogP contribution < -0.4 is 5.32 Å². The van der Waals surface area contributed by atoms with E-state index in [4.69, 9.17) is 4.74 Å². The van der Waals surface area contributed by atoms with Crippen molar-refractivity contribution in [2.24, 2.45) is 0 Å². The number of carbonyl (C=O) groups excluding carboxylic acids is 2. The van der Waals surface area contributed by atoms with E-state index in [1.165, 1.54) is 16.7 Å². The lowest BCUT2D eigenvalue weighted by atomic mass is 10.2. The third-order valence-electron chi connectivity index (χ3n) is 3.65. The van der Waals surface area contributed by atoms with Gasteiger partial charge in [0.25, 0.3) is 0 Å². The number of tetrazole rings is 1. The summed E-state index contributed by atoms with van der Waals surface area (Å²) in [5, 5.41) is 14.3. The number of hydrogen-bond donors (Lipinski definition) is 1. The predicted molar refractivity (Wildman–Crippen MR) is 77.2 cm³/mol. The number of ether oxygens (including phenoxy) is 1. The number of imide groups is 1. The summed E-state index contributed by atoms with van der Waals surface area (Å²) >= 11 is 1.26. The summed E-state index contributed by atoms with van der Waals surface area (Å²) in [6.07, 6.45) is 2.17. The molecule has 10 heteroatoms. The van der Waals surface area contributed by atoms with E-state index in [9.17, 15) is 9.59 Å². The number of aromatic nitrogens is 4. The maximum Gasteiger partial charge on any atom is 0.324 e. The first-order chi connectivity index (χ1) is 10.6. The Labute approximate surface area is 131 Å². The zero-order valence-electron chi connectivity index (χ0n) is 12.3. The van der Waals surface area contributed by atoms with Crippen molar-refractivity contribution >= 4 is 23.7 Å². The van der Waals surface area contributed by atoms with Gasteiger partial charge in [0.2, 0.25) is 11.1 Å². The fourth-order valence-electron chi connectivity index (χ4n) is 2.49. The Bertz CT molecular complexity index is 559. The third-order valence-corrected chi connectivity index (χ3v) is 4.71. The topological polar surface area (TPSA) is 102 Å². The van der Waals surface area contributed by atoms with Crippen molar-refractivity contribution in [1.82, 2.24) is 30.4 Å². The van der Waals surface area contributed by atoms with Crippen molar-refractivity contribution in [1.29, 1.82) is 0 Å². The fraction of sp³-hybridized carbons (Fsp3) is 0.750. The lowest BCUT2D eigenvalue weighted by molar-refractivity contribution is -0.126.